The third-order valence-corrected chi connectivity index (χ3v) is 6.22. The molecular formula is C24H34Cl2N4O5. The maximum atomic E-state index is 12.6. The Kier molecular flexibility index (Phi) is 12.6. The minimum absolute atomic E-state index is 0. The van der Waals surface area contributed by atoms with E-state index in [2.05, 4.69) is 22.0 Å². The molecule has 1 saturated heterocycles. The van der Waals surface area contributed by atoms with Crippen molar-refractivity contribution in [2.24, 2.45) is 11.0 Å². The standard InChI is InChI=1S/C24H28N4O3.2ClH.2H2O/c29-23-17-19-6-5-18-16-20(31-13-3-10-27-11-14-30-15-12-27)7-8-21(18)24(19)26-28(23)22-4-1-2-9-25-22;;;;/h1-2,4,7-9,16,19H,3,5-6,10-15,17H2;2*1H;2*1H2. The van der Waals surface area contributed by atoms with Crippen molar-refractivity contribution in [2.75, 3.05) is 44.5 Å². The third-order valence-electron chi connectivity index (χ3n) is 6.22. The minimum Gasteiger partial charge on any atom is -0.494 e. The number of hydrazone groups is 1. The summed E-state index contributed by atoms with van der Waals surface area (Å²) in [6.07, 6.45) is 5.06. The summed E-state index contributed by atoms with van der Waals surface area (Å²) in [5.74, 6) is 1.68. The van der Waals surface area contributed by atoms with Crippen molar-refractivity contribution in [2.45, 2.75) is 25.7 Å². The van der Waals surface area contributed by atoms with Gasteiger partial charge in [0.25, 0.3) is 0 Å². The minimum atomic E-state index is 0. The number of pyridine rings is 1. The van der Waals surface area contributed by atoms with Crippen LogP contribution in [0.1, 0.15) is 30.4 Å². The number of morpholine rings is 1. The number of rotatable bonds is 6. The van der Waals surface area contributed by atoms with E-state index in [0.29, 0.717) is 18.8 Å². The summed E-state index contributed by atoms with van der Waals surface area (Å²) in [7, 11) is 0. The molecule has 1 atom stereocenters. The van der Waals surface area contributed by atoms with Crippen molar-refractivity contribution in [1.29, 1.82) is 0 Å². The van der Waals surface area contributed by atoms with Gasteiger partial charge in [-0.1, -0.05) is 6.07 Å². The maximum absolute atomic E-state index is 12.6. The predicted molar refractivity (Wildman–Crippen MR) is 140 cm³/mol. The van der Waals surface area contributed by atoms with Crippen LogP contribution in [0.4, 0.5) is 5.82 Å². The Morgan fingerprint density at radius 2 is 1.89 bits per heavy atom. The molecule has 2 aliphatic heterocycles. The highest BCUT2D eigenvalue weighted by atomic mass is 35.5. The summed E-state index contributed by atoms with van der Waals surface area (Å²) in [6, 6.07) is 11.8. The molecule has 194 valence electrons. The summed E-state index contributed by atoms with van der Waals surface area (Å²) in [5, 5.41) is 6.19. The first-order valence-electron chi connectivity index (χ1n) is 11.2. The number of aromatic nitrogens is 1. The smallest absolute Gasteiger partial charge is 0.249 e. The molecule has 1 aromatic heterocycles. The quantitative estimate of drug-likeness (QED) is 0.529. The molecule has 1 fully saturated rings. The molecular weight excluding hydrogens is 495 g/mol. The summed E-state index contributed by atoms with van der Waals surface area (Å²) in [5.41, 5.74) is 3.37. The summed E-state index contributed by atoms with van der Waals surface area (Å²) in [4.78, 5) is 19.4. The Balaban J connectivity index is 0.00000153. The fraction of sp³-hybridized carbons (Fsp3) is 0.458. The van der Waals surface area contributed by atoms with Crippen LogP contribution in [-0.2, 0) is 16.0 Å². The molecule has 0 radical (unpaired) electrons. The second-order valence-corrected chi connectivity index (χ2v) is 8.29. The van der Waals surface area contributed by atoms with E-state index in [1.54, 1.807) is 6.20 Å². The Morgan fingerprint density at radius 1 is 1.09 bits per heavy atom. The molecule has 11 heteroatoms. The Morgan fingerprint density at radius 3 is 2.63 bits per heavy atom. The van der Waals surface area contributed by atoms with Gasteiger partial charge in [-0.05, 0) is 55.2 Å². The van der Waals surface area contributed by atoms with Gasteiger partial charge >= 0.3 is 0 Å². The lowest BCUT2D eigenvalue weighted by Gasteiger charge is -2.33. The molecule has 0 saturated carbocycles. The number of anilines is 1. The first kappa shape index (κ1) is 30.8. The highest BCUT2D eigenvalue weighted by Crippen LogP contribution is 2.34. The van der Waals surface area contributed by atoms with Gasteiger partial charge in [0, 0.05) is 43.7 Å². The fourth-order valence-electron chi connectivity index (χ4n) is 4.56. The molecule has 5 rings (SSSR count). The number of nitrogens with zero attached hydrogens (tertiary/aromatic N) is 4. The van der Waals surface area contributed by atoms with Crippen LogP contribution >= 0.6 is 24.8 Å². The number of fused-ring (bicyclic) bond motifs is 3. The first-order valence-corrected chi connectivity index (χ1v) is 11.2. The van der Waals surface area contributed by atoms with Gasteiger partial charge in [0.15, 0.2) is 5.82 Å². The van der Waals surface area contributed by atoms with E-state index in [0.717, 1.165) is 69.1 Å². The zero-order valence-corrected chi connectivity index (χ0v) is 21.2. The van der Waals surface area contributed by atoms with Crippen LogP contribution in [0.5, 0.6) is 5.75 Å². The van der Waals surface area contributed by atoms with Crippen LogP contribution in [0, 0.1) is 5.92 Å². The van der Waals surface area contributed by atoms with Gasteiger partial charge in [-0.2, -0.15) is 10.1 Å². The molecule has 35 heavy (non-hydrogen) atoms. The van der Waals surface area contributed by atoms with E-state index >= 15 is 0 Å². The topological polar surface area (TPSA) is 130 Å². The molecule has 2 aromatic rings. The molecule has 1 amide bonds. The SMILES string of the molecule is Cl.Cl.O.O.O=C1CC2CCc3cc(OCCCN4CCOCC4)ccc3C2=NN1c1ccccn1. The zero-order valence-electron chi connectivity index (χ0n) is 19.5. The molecule has 9 nitrogen and oxygen atoms in total. The lowest BCUT2D eigenvalue weighted by molar-refractivity contribution is -0.119. The number of hydrogen-bond donors (Lipinski definition) is 0. The lowest BCUT2D eigenvalue weighted by Crippen LogP contribution is -2.39. The van der Waals surface area contributed by atoms with E-state index in [1.165, 1.54) is 10.6 Å². The maximum Gasteiger partial charge on any atom is 0.249 e. The van der Waals surface area contributed by atoms with E-state index in [4.69, 9.17) is 14.6 Å². The van der Waals surface area contributed by atoms with Gasteiger partial charge < -0.3 is 20.4 Å². The van der Waals surface area contributed by atoms with Crippen molar-refractivity contribution >= 4 is 42.3 Å². The second-order valence-electron chi connectivity index (χ2n) is 8.29. The average molecular weight is 529 g/mol. The number of halogens is 2. The van der Waals surface area contributed by atoms with Gasteiger partial charge in [-0.3, -0.25) is 9.69 Å². The second kappa shape index (κ2) is 14.3. The molecule has 4 N–H and O–H groups in total. The fourth-order valence-corrected chi connectivity index (χ4v) is 4.56. The number of carbonyl (C=O) groups excluding carboxylic acids is 1. The average Bonchev–Trinajstić information content (AvgIpc) is 2.82. The highest BCUT2D eigenvalue weighted by Gasteiger charge is 2.35. The van der Waals surface area contributed by atoms with Gasteiger partial charge in [-0.15, -0.1) is 24.8 Å². The number of carbonyl (C=O) groups is 1. The molecule has 0 bridgehead atoms. The monoisotopic (exact) mass is 528 g/mol. The Bertz CT molecular complexity index is 974. The number of benzene rings is 1. The van der Waals surface area contributed by atoms with Crippen molar-refractivity contribution in [3.63, 3.8) is 0 Å². The highest BCUT2D eigenvalue weighted by molar-refractivity contribution is 6.11. The van der Waals surface area contributed by atoms with Gasteiger partial charge in [0.1, 0.15) is 5.75 Å². The number of aryl methyl sites for hydroxylation is 1. The van der Waals surface area contributed by atoms with Crippen LogP contribution in [0.25, 0.3) is 0 Å². The summed E-state index contributed by atoms with van der Waals surface area (Å²) >= 11 is 0. The Labute approximate surface area is 217 Å². The van der Waals surface area contributed by atoms with Crippen molar-refractivity contribution in [1.82, 2.24) is 9.88 Å². The van der Waals surface area contributed by atoms with E-state index < -0.39 is 0 Å². The number of hydrogen-bond acceptors (Lipinski definition) is 6. The predicted octanol–water partition coefficient (Wildman–Crippen LogP) is 2.08. The van der Waals surface area contributed by atoms with Crippen molar-refractivity contribution in [3.8, 4) is 5.75 Å². The number of ether oxygens (including phenoxy) is 2. The number of amides is 1. The molecule has 1 unspecified atom stereocenters. The molecule has 3 aliphatic rings. The van der Waals surface area contributed by atoms with Gasteiger partial charge in [0.05, 0.1) is 25.5 Å². The molecule has 1 aliphatic carbocycles. The van der Waals surface area contributed by atoms with Crippen LogP contribution in [0.2, 0.25) is 0 Å². The van der Waals surface area contributed by atoms with Gasteiger partial charge in [0.2, 0.25) is 5.91 Å². The van der Waals surface area contributed by atoms with Crippen LogP contribution < -0.4 is 9.75 Å². The van der Waals surface area contributed by atoms with Crippen LogP contribution in [-0.4, -0.2) is 71.9 Å². The van der Waals surface area contributed by atoms with Crippen molar-refractivity contribution in [3.05, 3.63) is 53.7 Å². The van der Waals surface area contributed by atoms with Crippen LogP contribution in [0.15, 0.2) is 47.7 Å². The molecule has 0 spiro atoms. The van der Waals surface area contributed by atoms with Crippen LogP contribution in [0.3, 0.4) is 0 Å². The molecule has 3 heterocycles. The van der Waals surface area contributed by atoms with E-state index in [-0.39, 0.29) is 47.6 Å². The summed E-state index contributed by atoms with van der Waals surface area (Å²) < 4.78 is 11.4. The normalized spacial score (nSPS) is 18.9. The zero-order chi connectivity index (χ0) is 21.0. The largest absolute Gasteiger partial charge is 0.494 e. The third kappa shape index (κ3) is 7.13. The van der Waals surface area contributed by atoms with E-state index in [9.17, 15) is 4.79 Å². The van der Waals surface area contributed by atoms with E-state index in [1.807, 2.05) is 24.3 Å². The Hall–Kier alpha value is -2.27. The van der Waals surface area contributed by atoms with Gasteiger partial charge in [-0.25, -0.2) is 4.98 Å². The first-order chi connectivity index (χ1) is 15.3. The van der Waals surface area contributed by atoms with Crippen molar-refractivity contribution < 1.29 is 25.2 Å². The summed E-state index contributed by atoms with van der Waals surface area (Å²) in [6.45, 7) is 5.45. The lowest BCUT2D eigenvalue weighted by atomic mass is 9.79. The molecule has 1 aromatic carbocycles.